The highest BCUT2D eigenvalue weighted by Crippen LogP contribution is 2.18. The van der Waals surface area contributed by atoms with Crippen molar-refractivity contribution in [1.29, 1.82) is 0 Å². The fraction of sp³-hybridized carbons (Fsp3) is 0.647. The molecule has 23 heavy (non-hydrogen) atoms. The molecule has 2 heterocycles. The van der Waals surface area contributed by atoms with Gasteiger partial charge in [0.1, 0.15) is 5.60 Å². The van der Waals surface area contributed by atoms with Crippen LogP contribution < -0.4 is 0 Å². The van der Waals surface area contributed by atoms with Gasteiger partial charge in [0, 0.05) is 25.8 Å². The number of ether oxygens (including phenoxy) is 1. The Hall–Kier alpha value is -1.82. The number of amides is 1. The molecule has 0 radical (unpaired) electrons. The Morgan fingerprint density at radius 1 is 1.43 bits per heavy atom. The molecule has 1 fully saturated rings. The minimum absolute atomic E-state index is 0.0787. The van der Waals surface area contributed by atoms with Gasteiger partial charge in [-0.05, 0) is 52.3 Å². The standard InChI is InChI=1S/C17H27N3O3/c1-17(2,3)23-16(22)19(4)13-7-6-10-20(11-13)12-15(21)14-8-5-9-18-14/h5,8-9,13,18H,6-7,10-12H2,1-4H3/t13-/m0/s1. The van der Waals surface area contributed by atoms with Crippen LogP contribution in [0.1, 0.15) is 44.1 Å². The molecule has 1 aromatic rings. The fourth-order valence-electron chi connectivity index (χ4n) is 2.77. The summed E-state index contributed by atoms with van der Waals surface area (Å²) in [4.78, 5) is 31.1. The van der Waals surface area contributed by atoms with E-state index < -0.39 is 5.60 Å². The molecule has 0 unspecified atom stereocenters. The van der Waals surface area contributed by atoms with Crippen LogP contribution in [-0.2, 0) is 4.74 Å². The number of nitrogens with one attached hydrogen (secondary N) is 1. The Morgan fingerprint density at radius 2 is 2.17 bits per heavy atom. The van der Waals surface area contributed by atoms with Crippen molar-refractivity contribution in [2.75, 3.05) is 26.7 Å². The number of rotatable bonds is 4. The molecular formula is C17H27N3O3. The summed E-state index contributed by atoms with van der Waals surface area (Å²) in [7, 11) is 1.77. The first-order valence-electron chi connectivity index (χ1n) is 8.11. The van der Waals surface area contributed by atoms with Gasteiger partial charge in [-0.1, -0.05) is 0 Å². The van der Waals surface area contributed by atoms with Gasteiger partial charge in [-0.15, -0.1) is 0 Å². The monoisotopic (exact) mass is 321 g/mol. The summed E-state index contributed by atoms with van der Waals surface area (Å²) in [6, 6.07) is 3.69. The van der Waals surface area contributed by atoms with Gasteiger partial charge in [0.25, 0.3) is 0 Å². The van der Waals surface area contributed by atoms with Crippen molar-refractivity contribution in [3.63, 3.8) is 0 Å². The van der Waals surface area contributed by atoms with Crippen LogP contribution in [0.5, 0.6) is 0 Å². The summed E-state index contributed by atoms with van der Waals surface area (Å²) in [5.41, 5.74) is 0.135. The minimum Gasteiger partial charge on any atom is -0.444 e. The summed E-state index contributed by atoms with van der Waals surface area (Å²) in [6.07, 6.45) is 3.35. The molecule has 1 atom stereocenters. The van der Waals surface area contributed by atoms with Crippen molar-refractivity contribution >= 4 is 11.9 Å². The molecule has 6 heteroatoms. The maximum Gasteiger partial charge on any atom is 0.410 e. The van der Waals surface area contributed by atoms with Crippen molar-refractivity contribution in [3.05, 3.63) is 24.0 Å². The van der Waals surface area contributed by atoms with Crippen LogP contribution in [0.2, 0.25) is 0 Å². The van der Waals surface area contributed by atoms with E-state index in [0.29, 0.717) is 18.8 Å². The predicted molar refractivity (Wildman–Crippen MR) is 88.6 cm³/mol. The second kappa shape index (κ2) is 7.17. The lowest BCUT2D eigenvalue weighted by atomic mass is 10.0. The van der Waals surface area contributed by atoms with E-state index in [1.165, 1.54) is 0 Å². The normalized spacial score (nSPS) is 19.4. The number of hydrogen-bond acceptors (Lipinski definition) is 4. The molecule has 0 spiro atoms. The number of piperidine rings is 1. The number of aromatic nitrogens is 1. The third-order valence-electron chi connectivity index (χ3n) is 3.98. The molecule has 0 bridgehead atoms. The third-order valence-corrected chi connectivity index (χ3v) is 3.98. The van der Waals surface area contributed by atoms with Crippen molar-refractivity contribution in [2.24, 2.45) is 0 Å². The Morgan fingerprint density at radius 3 is 2.78 bits per heavy atom. The van der Waals surface area contributed by atoms with Crippen LogP contribution in [0.4, 0.5) is 4.79 Å². The van der Waals surface area contributed by atoms with Gasteiger partial charge in [-0.25, -0.2) is 4.79 Å². The molecule has 0 aliphatic carbocycles. The van der Waals surface area contributed by atoms with E-state index in [0.717, 1.165) is 19.4 Å². The Labute approximate surface area is 137 Å². The topological polar surface area (TPSA) is 65.6 Å². The summed E-state index contributed by atoms with van der Waals surface area (Å²) in [5.74, 6) is 0.0792. The van der Waals surface area contributed by atoms with E-state index in [2.05, 4.69) is 9.88 Å². The number of carbonyl (C=O) groups excluding carboxylic acids is 2. The zero-order valence-corrected chi connectivity index (χ0v) is 14.5. The third kappa shape index (κ3) is 5.10. The van der Waals surface area contributed by atoms with Crippen molar-refractivity contribution in [1.82, 2.24) is 14.8 Å². The molecule has 1 saturated heterocycles. The SMILES string of the molecule is CN(C(=O)OC(C)(C)C)[C@H]1CCCN(CC(=O)c2ccc[nH]2)C1. The lowest BCUT2D eigenvalue weighted by molar-refractivity contribution is 0.0138. The number of H-pyrrole nitrogens is 1. The molecule has 1 N–H and O–H groups in total. The first-order valence-corrected chi connectivity index (χ1v) is 8.11. The Kier molecular flexibility index (Phi) is 5.46. The van der Waals surface area contributed by atoms with E-state index in [-0.39, 0.29) is 17.9 Å². The van der Waals surface area contributed by atoms with Gasteiger partial charge in [0.2, 0.25) is 0 Å². The summed E-state index contributed by atoms with van der Waals surface area (Å²) >= 11 is 0. The summed E-state index contributed by atoms with van der Waals surface area (Å²) in [5, 5.41) is 0. The molecule has 1 aliphatic rings. The lowest BCUT2D eigenvalue weighted by Gasteiger charge is -2.37. The van der Waals surface area contributed by atoms with E-state index in [9.17, 15) is 9.59 Å². The second-order valence-electron chi connectivity index (χ2n) is 7.13. The smallest absolute Gasteiger partial charge is 0.410 e. The Bertz CT molecular complexity index is 534. The average Bonchev–Trinajstić information content (AvgIpc) is 2.99. The van der Waals surface area contributed by atoms with Gasteiger partial charge in [-0.3, -0.25) is 9.69 Å². The fourth-order valence-corrected chi connectivity index (χ4v) is 2.77. The van der Waals surface area contributed by atoms with Gasteiger partial charge in [0.15, 0.2) is 5.78 Å². The van der Waals surface area contributed by atoms with Crippen molar-refractivity contribution in [3.8, 4) is 0 Å². The summed E-state index contributed by atoms with van der Waals surface area (Å²) in [6.45, 7) is 7.54. The molecule has 0 aromatic carbocycles. The van der Waals surface area contributed by atoms with E-state index in [1.54, 1.807) is 24.2 Å². The van der Waals surface area contributed by atoms with E-state index in [1.807, 2.05) is 26.8 Å². The molecule has 1 aliphatic heterocycles. The van der Waals surface area contributed by atoms with Crippen LogP contribution in [0.25, 0.3) is 0 Å². The van der Waals surface area contributed by atoms with E-state index in [4.69, 9.17) is 4.74 Å². The lowest BCUT2D eigenvalue weighted by Crippen LogP contribution is -2.50. The highest BCUT2D eigenvalue weighted by atomic mass is 16.6. The number of Topliss-reactive ketones (excluding diaryl/α,β-unsaturated/α-hetero) is 1. The quantitative estimate of drug-likeness (QED) is 0.866. The van der Waals surface area contributed by atoms with Gasteiger partial charge < -0.3 is 14.6 Å². The average molecular weight is 321 g/mol. The number of aromatic amines is 1. The van der Waals surface area contributed by atoms with Crippen molar-refractivity contribution in [2.45, 2.75) is 45.3 Å². The zero-order chi connectivity index (χ0) is 17.0. The maximum absolute atomic E-state index is 12.2. The minimum atomic E-state index is -0.497. The summed E-state index contributed by atoms with van der Waals surface area (Å²) < 4.78 is 5.42. The number of ketones is 1. The first kappa shape index (κ1) is 17.5. The van der Waals surface area contributed by atoms with Crippen LogP contribution in [0.15, 0.2) is 18.3 Å². The van der Waals surface area contributed by atoms with E-state index >= 15 is 0 Å². The zero-order valence-electron chi connectivity index (χ0n) is 14.5. The van der Waals surface area contributed by atoms with Crippen LogP contribution in [-0.4, -0.2) is 65.0 Å². The molecule has 0 saturated carbocycles. The van der Waals surface area contributed by atoms with Crippen LogP contribution in [0, 0.1) is 0 Å². The molecular weight excluding hydrogens is 294 g/mol. The molecule has 1 amide bonds. The highest BCUT2D eigenvalue weighted by Gasteiger charge is 2.29. The van der Waals surface area contributed by atoms with Gasteiger partial charge >= 0.3 is 6.09 Å². The first-order chi connectivity index (χ1) is 10.8. The molecule has 6 nitrogen and oxygen atoms in total. The van der Waals surface area contributed by atoms with Gasteiger partial charge in [0.05, 0.1) is 12.2 Å². The van der Waals surface area contributed by atoms with Crippen LogP contribution >= 0.6 is 0 Å². The molecule has 2 rings (SSSR count). The number of nitrogens with zero attached hydrogens (tertiary/aromatic N) is 2. The number of likely N-dealkylation sites (tertiary alicyclic amines) is 1. The molecule has 1 aromatic heterocycles. The number of likely N-dealkylation sites (N-methyl/N-ethyl adjacent to an activating group) is 1. The Balaban J connectivity index is 1.90. The number of hydrogen-bond donors (Lipinski definition) is 1. The van der Waals surface area contributed by atoms with Crippen molar-refractivity contribution < 1.29 is 14.3 Å². The number of carbonyl (C=O) groups is 2. The highest BCUT2D eigenvalue weighted by molar-refractivity contribution is 5.95. The predicted octanol–water partition coefficient (Wildman–Crippen LogP) is 2.53. The second-order valence-corrected chi connectivity index (χ2v) is 7.13. The largest absolute Gasteiger partial charge is 0.444 e. The van der Waals surface area contributed by atoms with Crippen LogP contribution in [0.3, 0.4) is 0 Å². The van der Waals surface area contributed by atoms with Gasteiger partial charge in [-0.2, -0.15) is 0 Å². The molecule has 128 valence electrons. The maximum atomic E-state index is 12.2.